The predicted molar refractivity (Wildman–Crippen MR) is 126 cm³/mol. The molecule has 0 fully saturated rings. The first-order valence-electron chi connectivity index (χ1n) is 11.0. The summed E-state index contributed by atoms with van der Waals surface area (Å²) in [4.78, 5) is 17.1. The van der Waals surface area contributed by atoms with E-state index in [1.165, 1.54) is 18.2 Å². The second-order valence-electron chi connectivity index (χ2n) is 8.30. The van der Waals surface area contributed by atoms with Crippen LogP contribution in [0.2, 0.25) is 0 Å². The lowest BCUT2D eigenvalue weighted by Crippen LogP contribution is -2.26. The van der Waals surface area contributed by atoms with Crippen LogP contribution in [0.3, 0.4) is 0 Å². The van der Waals surface area contributed by atoms with Gasteiger partial charge in [-0.25, -0.2) is 13.5 Å². The van der Waals surface area contributed by atoms with Crippen molar-refractivity contribution < 1.29 is 18.1 Å². The molecule has 176 valence electrons. The zero-order chi connectivity index (χ0) is 24.7. The third-order valence-electron chi connectivity index (χ3n) is 5.68. The molecular formula is C26H21F2N5O2. The summed E-state index contributed by atoms with van der Waals surface area (Å²) in [5.41, 5.74) is 2.54. The minimum absolute atomic E-state index is 0.151. The van der Waals surface area contributed by atoms with Crippen molar-refractivity contribution in [2.75, 3.05) is 0 Å². The molecule has 1 N–H and O–H groups in total. The zero-order valence-corrected chi connectivity index (χ0v) is 19.2. The van der Waals surface area contributed by atoms with E-state index in [0.29, 0.717) is 33.9 Å². The third-order valence-corrected chi connectivity index (χ3v) is 5.68. The molecule has 1 atom stereocenters. The maximum Gasteiger partial charge on any atom is 0.251 e. The Morgan fingerprint density at radius 2 is 1.74 bits per heavy atom. The van der Waals surface area contributed by atoms with Crippen molar-refractivity contribution in [1.29, 1.82) is 0 Å². The van der Waals surface area contributed by atoms with E-state index in [2.05, 4.69) is 20.6 Å². The average Bonchev–Trinajstić information content (AvgIpc) is 3.43. The van der Waals surface area contributed by atoms with Crippen molar-refractivity contribution in [1.82, 2.24) is 25.2 Å². The van der Waals surface area contributed by atoms with Crippen molar-refractivity contribution in [2.45, 2.75) is 26.8 Å². The lowest BCUT2D eigenvalue weighted by atomic mass is 10.0. The number of rotatable bonds is 5. The van der Waals surface area contributed by atoms with Gasteiger partial charge in [0.1, 0.15) is 23.4 Å². The van der Waals surface area contributed by atoms with Crippen molar-refractivity contribution in [3.63, 3.8) is 0 Å². The van der Waals surface area contributed by atoms with Crippen LogP contribution in [0.5, 0.6) is 0 Å². The molecule has 9 heteroatoms. The molecule has 5 rings (SSSR count). The van der Waals surface area contributed by atoms with Crippen LogP contribution in [-0.4, -0.2) is 25.8 Å². The lowest BCUT2D eigenvalue weighted by molar-refractivity contribution is 0.0932. The van der Waals surface area contributed by atoms with Gasteiger partial charge >= 0.3 is 0 Å². The quantitative estimate of drug-likeness (QED) is 0.366. The highest BCUT2D eigenvalue weighted by Crippen LogP contribution is 2.34. The Kier molecular flexibility index (Phi) is 5.60. The van der Waals surface area contributed by atoms with Crippen LogP contribution in [0, 0.1) is 25.5 Å². The molecule has 0 saturated carbocycles. The van der Waals surface area contributed by atoms with Gasteiger partial charge in [0.05, 0.1) is 16.8 Å². The molecule has 35 heavy (non-hydrogen) atoms. The van der Waals surface area contributed by atoms with Crippen LogP contribution >= 0.6 is 0 Å². The number of hydrogen-bond donors (Lipinski definition) is 1. The minimum atomic E-state index is -0.717. The minimum Gasteiger partial charge on any atom is -0.341 e. The summed E-state index contributed by atoms with van der Waals surface area (Å²) in [6.45, 7) is 5.39. The fourth-order valence-electron chi connectivity index (χ4n) is 3.88. The summed E-state index contributed by atoms with van der Waals surface area (Å²) in [7, 11) is 0. The number of carbonyl (C=O) groups is 1. The first-order chi connectivity index (χ1) is 16.8. The molecule has 0 aliphatic heterocycles. The van der Waals surface area contributed by atoms with Gasteiger partial charge in [0, 0.05) is 10.9 Å². The average molecular weight is 473 g/mol. The molecule has 1 unspecified atom stereocenters. The maximum atomic E-state index is 14.7. The highest BCUT2D eigenvalue weighted by atomic mass is 19.1. The molecular weight excluding hydrogens is 452 g/mol. The van der Waals surface area contributed by atoms with Crippen LogP contribution in [0.25, 0.3) is 27.8 Å². The Hall–Kier alpha value is -4.40. The largest absolute Gasteiger partial charge is 0.341 e. The van der Waals surface area contributed by atoms with Gasteiger partial charge in [-0.15, -0.1) is 0 Å². The molecule has 2 heterocycles. The van der Waals surface area contributed by atoms with E-state index < -0.39 is 17.7 Å². The monoisotopic (exact) mass is 473 g/mol. The first kappa shape index (κ1) is 22.4. The van der Waals surface area contributed by atoms with Gasteiger partial charge < -0.3 is 9.84 Å². The second-order valence-corrected chi connectivity index (χ2v) is 8.30. The van der Waals surface area contributed by atoms with Crippen molar-refractivity contribution in [2.24, 2.45) is 0 Å². The van der Waals surface area contributed by atoms with Gasteiger partial charge in [-0.05, 0) is 63.2 Å². The summed E-state index contributed by atoms with van der Waals surface area (Å²) in [5.74, 6) is -1.04. The van der Waals surface area contributed by atoms with E-state index >= 15 is 0 Å². The van der Waals surface area contributed by atoms with Gasteiger partial charge in [0.15, 0.2) is 5.82 Å². The van der Waals surface area contributed by atoms with Crippen LogP contribution < -0.4 is 5.32 Å². The van der Waals surface area contributed by atoms with Gasteiger partial charge in [-0.2, -0.15) is 10.1 Å². The van der Waals surface area contributed by atoms with E-state index in [0.717, 1.165) is 5.56 Å². The topological polar surface area (TPSA) is 85.8 Å². The molecule has 1 amide bonds. The van der Waals surface area contributed by atoms with E-state index in [1.54, 1.807) is 36.7 Å². The highest BCUT2D eigenvalue weighted by molar-refractivity contribution is 6.01. The Balaban J connectivity index is 1.62. The second kappa shape index (κ2) is 8.75. The number of aryl methyl sites for hydroxylation is 2. The molecule has 0 aliphatic rings. The lowest BCUT2D eigenvalue weighted by Gasteiger charge is -2.10. The molecule has 2 aromatic heterocycles. The number of hydrogen-bond acceptors (Lipinski definition) is 5. The number of aromatic nitrogens is 4. The maximum absolute atomic E-state index is 14.7. The Bertz CT molecular complexity index is 1540. The van der Waals surface area contributed by atoms with Crippen molar-refractivity contribution in [3.05, 3.63) is 95.1 Å². The number of nitrogens with one attached hydrogen (secondary N) is 1. The van der Waals surface area contributed by atoms with Crippen LogP contribution in [0.4, 0.5) is 8.78 Å². The summed E-state index contributed by atoms with van der Waals surface area (Å²) >= 11 is 0. The van der Waals surface area contributed by atoms with E-state index in [9.17, 15) is 13.6 Å². The van der Waals surface area contributed by atoms with Crippen molar-refractivity contribution in [3.8, 4) is 16.9 Å². The summed E-state index contributed by atoms with van der Waals surface area (Å²) in [6, 6.07) is 15.6. The number of nitrogens with zero attached hydrogens (tertiary/aromatic N) is 4. The Morgan fingerprint density at radius 1 is 1.03 bits per heavy atom. The van der Waals surface area contributed by atoms with E-state index in [-0.39, 0.29) is 17.2 Å². The predicted octanol–water partition coefficient (Wildman–Crippen LogP) is 5.46. The van der Waals surface area contributed by atoms with Crippen molar-refractivity contribution >= 4 is 16.8 Å². The molecule has 0 bridgehead atoms. The number of benzene rings is 3. The van der Waals surface area contributed by atoms with Crippen LogP contribution in [0.1, 0.15) is 40.6 Å². The SMILES string of the molecule is Cc1ccc(-n2nc(-c3c(F)cccc3F)c3ccc(C(=O)NC(C)c4nc(C)no4)cc32)cc1. The van der Waals surface area contributed by atoms with E-state index in [4.69, 9.17) is 4.52 Å². The molecule has 0 radical (unpaired) electrons. The van der Waals surface area contributed by atoms with Gasteiger partial charge in [-0.3, -0.25) is 4.79 Å². The zero-order valence-electron chi connectivity index (χ0n) is 19.2. The fourth-order valence-corrected chi connectivity index (χ4v) is 3.88. The highest BCUT2D eigenvalue weighted by Gasteiger charge is 2.22. The fraction of sp³-hybridized carbons (Fsp3) is 0.154. The first-order valence-corrected chi connectivity index (χ1v) is 11.0. The standard InChI is InChI=1S/C26H21F2N5O2/c1-14-7-10-18(11-8-14)33-22-13-17(25(34)29-15(2)26-30-16(3)32-35-26)9-12-19(22)24(31-33)23-20(27)5-4-6-21(23)28/h4-13,15H,1-3H3,(H,29,34). The summed E-state index contributed by atoms with van der Waals surface area (Å²) in [6.07, 6.45) is 0. The van der Waals surface area contributed by atoms with Crippen LogP contribution in [-0.2, 0) is 0 Å². The third kappa shape index (κ3) is 4.16. The number of carbonyl (C=O) groups excluding carboxylic acids is 1. The summed E-state index contributed by atoms with van der Waals surface area (Å²) in [5, 5.41) is 11.6. The van der Waals surface area contributed by atoms with E-state index in [1.807, 2.05) is 31.2 Å². The summed E-state index contributed by atoms with van der Waals surface area (Å²) < 4.78 is 36.1. The number of amides is 1. The molecule has 0 aliphatic carbocycles. The number of halogens is 2. The molecule has 5 aromatic rings. The smallest absolute Gasteiger partial charge is 0.251 e. The molecule has 3 aromatic carbocycles. The molecule has 7 nitrogen and oxygen atoms in total. The normalized spacial score (nSPS) is 12.1. The number of fused-ring (bicyclic) bond motifs is 1. The molecule has 0 spiro atoms. The molecule has 0 saturated heterocycles. The van der Waals surface area contributed by atoms with Gasteiger partial charge in [-0.1, -0.05) is 28.9 Å². The Labute approximate surface area is 199 Å². The van der Waals surface area contributed by atoms with Gasteiger partial charge in [0.2, 0.25) is 5.89 Å². The Morgan fingerprint density at radius 3 is 2.40 bits per heavy atom. The van der Waals surface area contributed by atoms with Crippen LogP contribution in [0.15, 0.2) is 65.2 Å². The van der Waals surface area contributed by atoms with Gasteiger partial charge in [0.25, 0.3) is 5.91 Å².